The van der Waals surface area contributed by atoms with Crippen molar-refractivity contribution < 1.29 is 14.4 Å². The number of carbonyl (C=O) groups is 3. The summed E-state index contributed by atoms with van der Waals surface area (Å²) in [6.45, 7) is 1.74. The molecule has 0 bridgehead atoms. The smallest absolute Gasteiger partial charge is 0.239 e. The van der Waals surface area contributed by atoms with Crippen LogP contribution in [0.15, 0.2) is 36.4 Å². The Balaban J connectivity index is 1.91. The number of carbonyl (C=O) groups excluding carboxylic acids is 3. The lowest BCUT2D eigenvalue weighted by Crippen LogP contribution is -2.56. The van der Waals surface area contributed by atoms with Gasteiger partial charge >= 0.3 is 0 Å². The van der Waals surface area contributed by atoms with Gasteiger partial charge in [-0.05, 0) is 5.56 Å². The van der Waals surface area contributed by atoms with Crippen LogP contribution >= 0.6 is 0 Å². The highest BCUT2D eigenvalue weighted by molar-refractivity contribution is 5.90. The van der Waals surface area contributed by atoms with E-state index in [2.05, 4.69) is 16.0 Å². The molecule has 1 fully saturated rings. The largest absolute Gasteiger partial charge is 0.358 e. The van der Waals surface area contributed by atoms with Gasteiger partial charge in [-0.1, -0.05) is 42.5 Å². The van der Waals surface area contributed by atoms with Gasteiger partial charge < -0.3 is 16.0 Å². The summed E-state index contributed by atoms with van der Waals surface area (Å²) < 4.78 is 0. The van der Waals surface area contributed by atoms with Crippen molar-refractivity contribution in [3.8, 4) is 0 Å². The first-order valence-electron chi connectivity index (χ1n) is 8.31. The summed E-state index contributed by atoms with van der Waals surface area (Å²) in [5.41, 5.74) is 1.09. The lowest BCUT2D eigenvalue weighted by atomic mass is 10.1. The van der Waals surface area contributed by atoms with Crippen LogP contribution in [0.3, 0.4) is 0 Å². The van der Waals surface area contributed by atoms with Gasteiger partial charge in [-0.15, -0.1) is 0 Å². The molecule has 1 atom stereocenters. The van der Waals surface area contributed by atoms with Crippen LogP contribution in [0.4, 0.5) is 0 Å². The number of benzene rings is 1. The molecule has 7 nitrogen and oxygen atoms in total. The zero-order valence-electron chi connectivity index (χ0n) is 14.3. The van der Waals surface area contributed by atoms with Gasteiger partial charge in [-0.2, -0.15) is 0 Å². The van der Waals surface area contributed by atoms with Crippen LogP contribution in [0, 0.1) is 0 Å². The number of piperazine rings is 1. The minimum atomic E-state index is -0.529. The first kappa shape index (κ1) is 18.7. The molecule has 0 aliphatic carbocycles. The van der Waals surface area contributed by atoms with Gasteiger partial charge in [0.25, 0.3) is 0 Å². The summed E-state index contributed by atoms with van der Waals surface area (Å²) in [5, 5.41) is 7.75. The molecule has 3 N–H and O–H groups in total. The van der Waals surface area contributed by atoms with Crippen molar-refractivity contribution in [2.24, 2.45) is 0 Å². The predicted octanol–water partition coefficient (Wildman–Crippen LogP) is -0.247. The predicted molar refractivity (Wildman–Crippen MR) is 95.5 cm³/mol. The van der Waals surface area contributed by atoms with E-state index in [9.17, 15) is 14.4 Å². The first-order valence-corrected chi connectivity index (χ1v) is 8.31. The van der Waals surface area contributed by atoms with E-state index >= 15 is 0 Å². The molecule has 134 valence electrons. The number of hydrogen-bond acceptors (Lipinski definition) is 4. The highest BCUT2D eigenvalue weighted by Crippen LogP contribution is 2.10. The van der Waals surface area contributed by atoms with Crippen LogP contribution in [-0.2, 0) is 14.4 Å². The van der Waals surface area contributed by atoms with Crippen molar-refractivity contribution in [3.05, 3.63) is 42.0 Å². The highest BCUT2D eigenvalue weighted by Gasteiger charge is 2.30. The molecule has 0 unspecified atom stereocenters. The Morgan fingerprint density at radius 1 is 1.28 bits per heavy atom. The first-order chi connectivity index (χ1) is 12.1. The normalized spacial score (nSPS) is 18.0. The molecule has 1 aliphatic rings. The standard InChI is InChI=1S/C18H24N4O3/c1-19-17(24)13-21-16(23)12-15-18(25)20-9-11-22(15)10-5-8-14-6-3-2-4-7-14/h2-8,15H,9-13H2,1H3,(H,19,24)(H,20,25)(H,21,23)/b8-5+/t15-/m1/s1. The van der Waals surface area contributed by atoms with Gasteiger partial charge in [0, 0.05) is 26.7 Å². The lowest BCUT2D eigenvalue weighted by molar-refractivity contribution is -0.134. The second kappa shape index (κ2) is 9.58. The fourth-order valence-electron chi connectivity index (χ4n) is 2.61. The molecule has 3 amide bonds. The van der Waals surface area contributed by atoms with E-state index in [-0.39, 0.29) is 30.7 Å². The molecule has 1 saturated heterocycles. The summed E-state index contributed by atoms with van der Waals surface area (Å²) in [4.78, 5) is 37.3. The maximum absolute atomic E-state index is 12.1. The third kappa shape index (κ3) is 6.04. The molecule has 1 aromatic carbocycles. The highest BCUT2D eigenvalue weighted by atomic mass is 16.2. The number of nitrogens with zero attached hydrogens (tertiary/aromatic N) is 1. The molecule has 0 spiro atoms. The molecule has 7 heteroatoms. The molecular formula is C18H24N4O3. The van der Waals surface area contributed by atoms with Gasteiger partial charge in [0.05, 0.1) is 19.0 Å². The average Bonchev–Trinajstić information content (AvgIpc) is 2.63. The third-order valence-corrected chi connectivity index (χ3v) is 4.00. The van der Waals surface area contributed by atoms with E-state index in [1.54, 1.807) is 0 Å². The van der Waals surface area contributed by atoms with Crippen molar-refractivity contribution in [3.63, 3.8) is 0 Å². The second-order valence-corrected chi connectivity index (χ2v) is 5.77. The maximum Gasteiger partial charge on any atom is 0.239 e. The molecule has 0 radical (unpaired) electrons. The molecular weight excluding hydrogens is 320 g/mol. The summed E-state index contributed by atoms with van der Waals surface area (Å²) >= 11 is 0. The van der Waals surface area contributed by atoms with Crippen molar-refractivity contribution in [2.45, 2.75) is 12.5 Å². The Morgan fingerprint density at radius 2 is 2.04 bits per heavy atom. The van der Waals surface area contributed by atoms with Crippen LogP contribution in [0.1, 0.15) is 12.0 Å². The minimum absolute atomic E-state index is 0.0298. The quantitative estimate of drug-likeness (QED) is 0.636. The van der Waals surface area contributed by atoms with E-state index in [0.717, 1.165) is 5.56 Å². The third-order valence-electron chi connectivity index (χ3n) is 4.00. The Labute approximate surface area is 147 Å². The van der Waals surface area contributed by atoms with Gasteiger partial charge in [0.2, 0.25) is 17.7 Å². The van der Waals surface area contributed by atoms with Crippen LogP contribution in [0.25, 0.3) is 6.08 Å². The fraction of sp³-hybridized carbons (Fsp3) is 0.389. The number of likely N-dealkylation sites (N-methyl/N-ethyl adjacent to an activating group) is 1. The van der Waals surface area contributed by atoms with Gasteiger partial charge in [0.1, 0.15) is 0 Å². The number of nitrogens with one attached hydrogen (secondary N) is 3. The van der Waals surface area contributed by atoms with E-state index in [4.69, 9.17) is 0 Å². The summed E-state index contributed by atoms with van der Waals surface area (Å²) in [6.07, 6.45) is 4.01. The Morgan fingerprint density at radius 3 is 2.76 bits per heavy atom. The zero-order chi connectivity index (χ0) is 18.1. The minimum Gasteiger partial charge on any atom is -0.358 e. The monoisotopic (exact) mass is 344 g/mol. The van der Waals surface area contributed by atoms with Gasteiger partial charge in [-0.25, -0.2) is 0 Å². The second-order valence-electron chi connectivity index (χ2n) is 5.77. The van der Waals surface area contributed by atoms with E-state index < -0.39 is 6.04 Å². The van der Waals surface area contributed by atoms with Gasteiger partial charge in [0.15, 0.2) is 0 Å². The molecule has 2 rings (SSSR count). The Kier molecular flexibility index (Phi) is 7.16. The van der Waals surface area contributed by atoms with Crippen molar-refractivity contribution in [1.82, 2.24) is 20.9 Å². The summed E-state index contributed by atoms with van der Waals surface area (Å²) in [7, 11) is 1.50. The number of rotatable bonds is 7. The Bertz CT molecular complexity index is 630. The maximum atomic E-state index is 12.1. The zero-order valence-corrected chi connectivity index (χ0v) is 14.3. The molecule has 1 heterocycles. The molecule has 1 aromatic rings. The fourth-order valence-corrected chi connectivity index (χ4v) is 2.61. The lowest BCUT2D eigenvalue weighted by Gasteiger charge is -2.33. The number of amides is 3. The van der Waals surface area contributed by atoms with Crippen LogP contribution < -0.4 is 16.0 Å². The summed E-state index contributed by atoms with van der Waals surface area (Å²) in [6, 6.07) is 9.37. The molecule has 1 aliphatic heterocycles. The van der Waals surface area contributed by atoms with Crippen molar-refractivity contribution >= 4 is 23.8 Å². The van der Waals surface area contributed by atoms with Crippen LogP contribution in [-0.4, -0.2) is 61.9 Å². The van der Waals surface area contributed by atoms with Crippen molar-refractivity contribution in [2.75, 3.05) is 33.2 Å². The Hall–Kier alpha value is -2.67. The van der Waals surface area contributed by atoms with Crippen LogP contribution in [0.5, 0.6) is 0 Å². The number of hydrogen-bond donors (Lipinski definition) is 3. The van der Waals surface area contributed by atoms with E-state index in [0.29, 0.717) is 19.6 Å². The van der Waals surface area contributed by atoms with E-state index in [1.807, 2.05) is 47.4 Å². The SMILES string of the molecule is CNC(=O)CNC(=O)C[C@@H]1C(=O)NCCN1C/C=C/c1ccccc1. The molecule has 0 aromatic heterocycles. The molecule has 25 heavy (non-hydrogen) atoms. The van der Waals surface area contributed by atoms with Gasteiger partial charge in [-0.3, -0.25) is 19.3 Å². The van der Waals surface area contributed by atoms with Crippen molar-refractivity contribution in [1.29, 1.82) is 0 Å². The van der Waals surface area contributed by atoms with Crippen LogP contribution in [0.2, 0.25) is 0 Å². The topological polar surface area (TPSA) is 90.5 Å². The average molecular weight is 344 g/mol. The van der Waals surface area contributed by atoms with E-state index in [1.165, 1.54) is 7.05 Å². The molecule has 0 saturated carbocycles. The summed E-state index contributed by atoms with van der Waals surface area (Å²) in [5.74, 6) is -0.749.